The molecular formula is C18H29FN2O2. The minimum absolute atomic E-state index is 0.139. The second kappa shape index (κ2) is 7.18. The minimum Gasteiger partial charge on any atom is -0.353 e. The lowest BCUT2D eigenvalue weighted by Gasteiger charge is -2.36. The van der Waals surface area contributed by atoms with E-state index >= 15 is 0 Å². The Bertz CT molecular complexity index is 436. The first-order chi connectivity index (χ1) is 11.1. The summed E-state index contributed by atoms with van der Waals surface area (Å²) in [4.78, 5) is 26.2. The van der Waals surface area contributed by atoms with Gasteiger partial charge in [0.05, 0.1) is 0 Å². The fraction of sp³-hybridized carbons (Fsp3) is 0.889. The van der Waals surface area contributed by atoms with Gasteiger partial charge in [0, 0.05) is 38.9 Å². The number of carbonyl (C=O) groups excluding carboxylic acids is 2. The molecule has 3 rings (SSSR count). The molecule has 0 spiro atoms. The van der Waals surface area contributed by atoms with Gasteiger partial charge in [0.1, 0.15) is 0 Å². The van der Waals surface area contributed by atoms with Crippen molar-refractivity contribution in [3.05, 3.63) is 0 Å². The fourth-order valence-corrected chi connectivity index (χ4v) is 3.82. The summed E-state index contributed by atoms with van der Waals surface area (Å²) in [6.45, 7) is 1.35. The Kier molecular flexibility index (Phi) is 5.22. The SMILES string of the molecule is O=C(CC1CCCCC1)N1CCC(F)(C(=O)NCC2CC2)CC1. The second-order valence-corrected chi connectivity index (χ2v) is 7.71. The van der Waals surface area contributed by atoms with Gasteiger partial charge in [-0.3, -0.25) is 9.59 Å². The standard InChI is InChI=1S/C18H29FN2O2/c19-18(17(23)20-13-15-6-7-15)8-10-21(11-9-18)16(22)12-14-4-2-1-3-5-14/h14-15H,1-13H2,(H,20,23). The average Bonchev–Trinajstić information content (AvgIpc) is 3.38. The summed E-state index contributed by atoms with van der Waals surface area (Å²) in [6, 6.07) is 0. The molecule has 130 valence electrons. The van der Waals surface area contributed by atoms with Gasteiger partial charge in [0.2, 0.25) is 5.91 Å². The molecule has 0 radical (unpaired) electrons. The molecule has 1 saturated heterocycles. The molecule has 0 bridgehead atoms. The molecule has 0 aromatic rings. The van der Waals surface area contributed by atoms with Crippen molar-refractivity contribution in [3.8, 4) is 0 Å². The first kappa shape index (κ1) is 16.7. The average molecular weight is 324 g/mol. The number of carbonyl (C=O) groups is 2. The molecule has 2 saturated carbocycles. The smallest absolute Gasteiger partial charge is 0.257 e. The Hall–Kier alpha value is -1.13. The normalized spacial score (nSPS) is 25.2. The number of nitrogens with zero attached hydrogens (tertiary/aromatic N) is 1. The maximum Gasteiger partial charge on any atom is 0.257 e. The Labute approximate surface area is 138 Å². The summed E-state index contributed by atoms with van der Waals surface area (Å²) < 4.78 is 14.8. The Morgan fingerprint density at radius 3 is 2.26 bits per heavy atom. The quantitative estimate of drug-likeness (QED) is 0.845. The van der Waals surface area contributed by atoms with Crippen molar-refractivity contribution in [3.63, 3.8) is 0 Å². The molecule has 0 aromatic heterocycles. The van der Waals surface area contributed by atoms with E-state index < -0.39 is 11.6 Å². The zero-order valence-corrected chi connectivity index (χ0v) is 14.0. The van der Waals surface area contributed by atoms with E-state index in [-0.39, 0.29) is 18.7 Å². The number of hydrogen-bond donors (Lipinski definition) is 1. The van der Waals surface area contributed by atoms with Crippen molar-refractivity contribution in [2.24, 2.45) is 11.8 Å². The Morgan fingerprint density at radius 2 is 1.65 bits per heavy atom. The van der Waals surface area contributed by atoms with Crippen molar-refractivity contribution < 1.29 is 14.0 Å². The molecular weight excluding hydrogens is 295 g/mol. The third-order valence-corrected chi connectivity index (χ3v) is 5.75. The highest BCUT2D eigenvalue weighted by atomic mass is 19.1. The van der Waals surface area contributed by atoms with Gasteiger partial charge in [0.15, 0.2) is 5.67 Å². The van der Waals surface area contributed by atoms with Gasteiger partial charge >= 0.3 is 0 Å². The highest BCUT2D eigenvalue weighted by molar-refractivity contribution is 5.85. The monoisotopic (exact) mass is 324 g/mol. The fourth-order valence-electron chi connectivity index (χ4n) is 3.82. The van der Waals surface area contributed by atoms with E-state index in [2.05, 4.69) is 5.32 Å². The van der Waals surface area contributed by atoms with E-state index in [9.17, 15) is 14.0 Å². The summed E-state index contributed by atoms with van der Waals surface area (Å²) in [6.07, 6.45) is 9.21. The number of hydrogen-bond acceptors (Lipinski definition) is 2. The lowest BCUT2D eigenvalue weighted by atomic mass is 9.86. The topological polar surface area (TPSA) is 49.4 Å². The summed E-state index contributed by atoms with van der Waals surface area (Å²) in [7, 11) is 0. The van der Waals surface area contributed by atoms with Crippen LogP contribution in [0, 0.1) is 11.8 Å². The highest BCUT2D eigenvalue weighted by Crippen LogP contribution is 2.31. The highest BCUT2D eigenvalue weighted by Gasteiger charge is 2.43. The van der Waals surface area contributed by atoms with Crippen LogP contribution in [0.4, 0.5) is 4.39 Å². The van der Waals surface area contributed by atoms with Crippen LogP contribution in [0.15, 0.2) is 0 Å². The van der Waals surface area contributed by atoms with E-state index in [0.717, 1.165) is 25.7 Å². The first-order valence-electron chi connectivity index (χ1n) is 9.32. The van der Waals surface area contributed by atoms with Gasteiger partial charge in [-0.15, -0.1) is 0 Å². The van der Waals surface area contributed by atoms with Crippen molar-refractivity contribution >= 4 is 11.8 Å². The molecule has 3 fully saturated rings. The zero-order valence-electron chi connectivity index (χ0n) is 14.0. The van der Waals surface area contributed by atoms with Crippen molar-refractivity contribution in [2.45, 2.75) is 69.9 Å². The van der Waals surface area contributed by atoms with Gasteiger partial charge in [0.25, 0.3) is 5.91 Å². The van der Waals surface area contributed by atoms with Crippen LogP contribution >= 0.6 is 0 Å². The third-order valence-electron chi connectivity index (χ3n) is 5.75. The summed E-state index contributed by atoms with van der Waals surface area (Å²) >= 11 is 0. The van der Waals surface area contributed by atoms with E-state index in [1.165, 1.54) is 19.3 Å². The van der Waals surface area contributed by atoms with Crippen LogP contribution in [0.1, 0.15) is 64.2 Å². The molecule has 5 heteroatoms. The van der Waals surface area contributed by atoms with Crippen molar-refractivity contribution in [1.29, 1.82) is 0 Å². The number of likely N-dealkylation sites (tertiary alicyclic amines) is 1. The molecule has 0 aromatic carbocycles. The number of alkyl halides is 1. The lowest BCUT2D eigenvalue weighted by molar-refractivity contribution is -0.142. The van der Waals surface area contributed by atoms with Gasteiger partial charge in [-0.05, 0) is 37.5 Å². The minimum atomic E-state index is -1.78. The van der Waals surface area contributed by atoms with E-state index in [1.807, 2.05) is 0 Å². The van der Waals surface area contributed by atoms with Crippen LogP contribution in [0.3, 0.4) is 0 Å². The van der Waals surface area contributed by atoms with Crippen LogP contribution in [0.2, 0.25) is 0 Å². The second-order valence-electron chi connectivity index (χ2n) is 7.71. The van der Waals surface area contributed by atoms with Crippen molar-refractivity contribution in [1.82, 2.24) is 10.2 Å². The molecule has 0 atom stereocenters. The van der Waals surface area contributed by atoms with Gasteiger partial charge in [-0.1, -0.05) is 19.3 Å². The lowest BCUT2D eigenvalue weighted by Crippen LogP contribution is -2.52. The number of amides is 2. The number of rotatable bonds is 5. The molecule has 3 aliphatic rings. The predicted octanol–water partition coefficient (Wildman–Crippen LogP) is 2.81. The van der Waals surface area contributed by atoms with E-state index in [4.69, 9.17) is 0 Å². The Balaban J connectivity index is 1.42. The number of nitrogens with one attached hydrogen (secondary N) is 1. The molecule has 2 amide bonds. The molecule has 0 unspecified atom stereocenters. The maximum absolute atomic E-state index is 14.8. The Morgan fingerprint density at radius 1 is 1.00 bits per heavy atom. The van der Waals surface area contributed by atoms with Gasteiger partial charge in [-0.25, -0.2) is 4.39 Å². The van der Waals surface area contributed by atoms with Crippen LogP contribution in [0.25, 0.3) is 0 Å². The number of halogens is 1. The van der Waals surface area contributed by atoms with Crippen LogP contribution in [-0.2, 0) is 9.59 Å². The van der Waals surface area contributed by atoms with Crippen LogP contribution < -0.4 is 5.32 Å². The zero-order chi connectivity index (χ0) is 16.3. The third kappa shape index (κ3) is 4.45. The molecule has 4 nitrogen and oxygen atoms in total. The van der Waals surface area contributed by atoms with E-state index in [0.29, 0.717) is 37.9 Å². The first-order valence-corrected chi connectivity index (χ1v) is 9.32. The maximum atomic E-state index is 14.8. The van der Waals surface area contributed by atoms with Gasteiger partial charge in [-0.2, -0.15) is 0 Å². The van der Waals surface area contributed by atoms with Crippen LogP contribution in [-0.4, -0.2) is 42.0 Å². The summed E-state index contributed by atoms with van der Waals surface area (Å²) in [5.41, 5.74) is -1.78. The van der Waals surface area contributed by atoms with Crippen molar-refractivity contribution in [2.75, 3.05) is 19.6 Å². The number of piperidine rings is 1. The predicted molar refractivity (Wildman–Crippen MR) is 86.6 cm³/mol. The molecule has 1 aliphatic heterocycles. The van der Waals surface area contributed by atoms with Gasteiger partial charge < -0.3 is 10.2 Å². The molecule has 1 N–H and O–H groups in total. The molecule has 1 heterocycles. The molecule has 2 aliphatic carbocycles. The van der Waals surface area contributed by atoms with E-state index in [1.54, 1.807) is 4.90 Å². The largest absolute Gasteiger partial charge is 0.353 e. The van der Waals surface area contributed by atoms with Crippen LogP contribution in [0.5, 0.6) is 0 Å². The summed E-state index contributed by atoms with van der Waals surface area (Å²) in [5, 5.41) is 2.75. The summed E-state index contributed by atoms with van der Waals surface area (Å²) in [5.74, 6) is 0.746. The molecule has 23 heavy (non-hydrogen) atoms.